The zero-order valence-corrected chi connectivity index (χ0v) is 12.3. The van der Waals surface area contributed by atoms with E-state index in [1.807, 2.05) is 0 Å². The van der Waals surface area contributed by atoms with E-state index in [0.717, 1.165) is 19.3 Å². The third-order valence-corrected chi connectivity index (χ3v) is 5.20. The van der Waals surface area contributed by atoms with Crippen LogP contribution in [0, 0.1) is 23.7 Å². The van der Waals surface area contributed by atoms with Crippen LogP contribution in [-0.2, 0) is 0 Å². The highest BCUT2D eigenvalue weighted by molar-refractivity contribution is 5.14. The van der Waals surface area contributed by atoms with Crippen LogP contribution in [0.2, 0.25) is 0 Å². The van der Waals surface area contributed by atoms with E-state index < -0.39 is 0 Å². The summed E-state index contributed by atoms with van der Waals surface area (Å²) in [5, 5.41) is 20.0. The van der Waals surface area contributed by atoms with Crippen LogP contribution >= 0.6 is 0 Å². The summed E-state index contributed by atoms with van der Waals surface area (Å²) >= 11 is 0. The fraction of sp³-hybridized carbons (Fsp3) is 0.882. The van der Waals surface area contributed by atoms with Crippen LogP contribution in [0.15, 0.2) is 12.2 Å². The van der Waals surface area contributed by atoms with Crippen LogP contribution in [0.1, 0.15) is 58.3 Å². The maximum atomic E-state index is 10.4. The van der Waals surface area contributed by atoms with E-state index in [0.29, 0.717) is 23.7 Å². The van der Waals surface area contributed by atoms with Crippen molar-refractivity contribution in [1.29, 1.82) is 0 Å². The molecule has 1 fully saturated rings. The van der Waals surface area contributed by atoms with Gasteiger partial charge in [0.15, 0.2) is 0 Å². The minimum Gasteiger partial charge on any atom is -0.396 e. The standard InChI is InChI=1S/C17H30O2/c1-2-3-4-5-6-7-8-16(19)17-14-10-9-13(11-14)15(17)12-18/h9-10,13-19H,2-8,11-12H2,1H3/t13-,14+,15-,16+,17+/m0/s1. The number of hydrogen-bond donors (Lipinski definition) is 2. The molecule has 5 atom stereocenters. The van der Waals surface area contributed by atoms with E-state index >= 15 is 0 Å². The second kappa shape index (κ2) is 7.44. The third kappa shape index (κ3) is 3.61. The number of aliphatic hydroxyl groups is 2. The SMILES string of the molecule is CCCCCCCC[C@@H](O)[C@H]1[C@@H](CO)[C@H]2C=C[C@@H]1C2. The number of rotatable bonds is 9. The molecule has 1 saturated carbocycles. The summed E-state index contributed by atoms with van der Waals surface area (Å²) in [6.45, 7) is 2.48. The molecule has 0 spiro atoms. The van der Waals surface area contributed by atoms with Gasteiger partial charge in [-0.2, -0.15) is 0 Å². The van der Waals surface area contributed by atoms with Crippen molar-refractivity contribution in [2.75, 3.05) is 6.61 Å². The lowest BCUT2D eigenvalue weighted by molar-refractivity contribution is 0.0346. The molecule has 0 aromatic carbocycles. The van der Waals surface area contributed by atoms with Crippen LogP contribution in [0.25, 0.3) is 0 Å². The first-order valence-electron chi connectivity index (χ1n) is 8.25. The molecule has 2 rings (SSSR count). The number of hydrogen-bond acceptors (Lipinski definition) is 2. The average Bonchev–Trinajstić information content (AvgIpc) is 3.02. The Morgan fingerprint density at radius 3 is 2.47 bits per heavy atom. The summed E-state index contributed by atoms with van der Waals surface area (Å²) in [6, 6.07) is 0. The Morgan fingerprint density at radius 2 is 1.74 bits per heavy atom. The number of aliphatic hydroxyl groups excluding tert-OH is 2. The van der Waals surface area contributed by atoms with Gasteiger partial charge in [-0.05, 0) is 36.5 Å². The van der Waals surface area contributed by atoms with Crippen molar-refractivity contribution < 1.29 is 10.2 Å². The summed E-state index contributed by atoms with van der Waals surface area (Å²) in [6.07, 6.45) is 14.1. The quantitative estimate of drug-likeness (QED) is 0.495. The Morgan fingerprint density at radius 1 is 1.05 bits per heavy atom. The molecule has 2 aliphatic rings. The van der Waals surface area contributed by atoms with Gasteiger partial charge < -0.3 is 10.2 Å². The normalized spacial score (nSPS) is 34.1. The van der Waals surface area contributed by atoms with Crippen molar-refractivity contribution in [3.8, 4) is 0 Å². The van der Waals surface area contributed by atoms with Gasteiger partial charge in [0.2, 0.25) is 0 Å². The maximum absolute atomic E-state index is 10.4. The molecule has 0 heterocycles. The summed E-state index contributed by atoms with van der Waals surface area (Å²) in [5.41, 5.74) is 0. The molecule has 0 radical (unpaired) electrons. The molecule has 0 aliphatic heterocycles. The van der Waals surface area contributed by atoms with Crippen molar-refractivity contribution in [3.05, 3.63) is 12.2 Å². The Kier molecular flexibility index (Phi) is 5.90. The maximum Gasteiger partial charge on any atom is 0.0577 e. The Labute approximate surface area is 117 Å². The van der Waals surface area contributed by atoms with Crippen molar-refractivity contribution >= 4 is 0 Å². The van der Waals surface area contributed by atoms with Gasteiger partial charge in [0.1, 0.15) is 0 Å². The molecule has 19 heavy (non-hydrogen) atoms. The van der Waals surface area contributed by atoms with E-state index in [-0.39, 0.29) is 12.7 Å². The topological polar surface area (TPSA) is 40.5 Å². The van der Waals surface area contributed by atoms with Crippen molar-refractivity contribution in [2.24, 2.45) is 23.7 Å². The van der Waals surface area contributed by atoms with Gasteiger partial charge in [0, 0.05) is 6.61 Å². The molecule has 0 saturated heterocycles. The van der Waals surface area contributed by atoms with Gasteiger partial charge in [-0.25, -0.2) is 0 Å². The second-order valence-corrected chi connectivity index (χ2v) is 6.50. The Bertz CT molecular complexity index is 287. The minimum absolute atomic E-state index is 0.205. The molecular weight excluding hydrogens is 236 g/mol. The smallest absolute Gasteiger partial charge is 0.0577 e. The lowest BCUT2D eigenvalue weighted by Crippen LogP contribution is -2.33. The molecule has 2 nitrogen and oxygen atoms in total. The fourth-order valence-corrected chi connectivity index (χ4v) is 4.12. The van der Waals surface area contributed by atoms with Crippen LogP contribution < -0.4 is 0 Å². The molecule has 2 heteroatoms. The van der Waals surface area contributed by atoms with E-state index in [1.165, 1.54) is 32.1 Å². The predicted octanol–water partition coefficient (Wildman–Crippen LogP) is 3.53. The van der Waals surface area contributed by atoms with Crippen LogP contribution in [-0.4, -0.2) is 22.9 Å². The Balaban J connectivity index is 1.68. The summed E-state index contributed by atoms with van der Waals surface area (Å²) < 4.78 is 0. The highest BCUT2D eigenvalue weighted by Gasteiger charge is 2.46. The average molecular weight is 266 g/mol. The van der Waals surface area contributed by atoms with Gasteiger partial charge in [0.05, 0.1) is 6.10 Å². The lowest BCUT2D eigenvalue weighted by Gasteiger charge is -2.30. The largest absolute Gasteiger partial charge is 0.396 e. The Hall–Kier alpha value is -0.340. The monoisotopic (exact) mass is 266 g/mol. The predicted molar refractivity (Wildman–Crippen MR) is 78.8 cm³/mol. The van der Waals surface area contributed by atoms with Gasteiger partial charge in [0.25, 0.3) is 0 Å². The molecular formula is C17H30O2. The zero-order chi connectivity index (χ0) is 13.7. The fourth-order valence-electron chi connectivity index (χ4n) is 4.12. The number of allylic oxidation sites excluding steroid dienone is 2. The third-order valence-electron chi connectivity index (χ3n) is 5.20. The first-order chi connectivity index (χ1) is 9.27. The highest BCUT2D eigenvalue weighted by Crippen LogP contribution is 2.49. The van der Waals surface area contributed by atoms with Crippen LogP contribution in [0.3, 0.4) is 0 Å². The van der Waals surface area contributed by atoms with E-state index in [9.17, 15) is 10.2 Å². The molecule has 2 bridgehead atoms. The molecule has 0 unspecified atom stereocenters. The summed E-state index contributed by atoms with van der Waals surface area (Å²) in [5.74, 6) is 1.68. The molecule has 0 amide bonds. The van der Waals surface area contributed by atoms with Gasteiger partial charge in [-0.15, -0.1) is 0 Å². The van der Waals surface area contributed by atoms with Gasteiger partial charge in [-0.3, -0.25) is 0 Å². The van der Waals surface area contributed by atoms with E-state index in [2.05, 4.69) is 19.1 Å². The first kappa shape index (κ1) is 15.1. The highest BCUT2D eigenvalue weighted by atomic mass is 16.3. The summed E-state index contributed by atoms with van der Waals surface area (Å²) in [7, 11) is 0. The first-order valence-corrected chi connectivity index (χ1v) is 8.25. The van der Waals surface area contributed by atoms with Crippen LogP contribution in [0.4, 0.5) is 0 Å². The molecule has 0 aromatic heterocycles. The van der Waals surface area contributed by atoms with Crippen molar-refractivity contribution in [3.63, 3.8) is 0 Å². The summed E-state index contributed by atoms with van der Waals surface area (Å²) in [4.78, 5) is 0. The number of unbranched alkanes of at least 4 members (excludes halogenated alkanes) is 5. The second-order valence-electron chi connectivity index (χ2n) is 6.50. The molecule has 2 aliphatic carbocycles. The molecule has 2 N–H and O–H groups in total. The molecule has 0 aromatic rings. The lowest BCUT2D eigenvalue weighted by atomic mass is 9.78. The van der Waals surface area contributed by atoms with Gasteiger partial charge >= 0.3 is 0 Å². The van der Waals surface area contributed by atoms with Crippen molar-refractivity contribution in [2.45, 2.75) is 64.4 Å². The van der Waals surface area contributed by atoms with Crippen molar-refractivity contribution in [1.82, 2.24) is 0 Å². The van der Waals surface area contributed by atoms with Crippen LogP contribution in [0.5, 0.6) is 0 Å². The zero-order valence-electron chi connectivity index (χ0n) is 12.3. The molecule has 110 valence electrons. The van der Waals surface area contributed by atoms with E-state index in [4.69, 9.17) is 0 Å². The van der Waals surface area contributed by atoms with E-state index in [1.54, 1.807) is 0 Å². The minimum atomic E-state index is -0.205. The van der Waals surface area contributed by atoms with Gasteiger partial charge in [-0.1, -0.05) is 57.6 Å². The number of fused-ring (bicyclic) bond motifs is 2.